The lowest BCUT2D eigenvalue weighted by Gasteiger charge is -2.35. The Kier molecular flexibility index (Phi) is 6.06. The SMILES string of the molecule is O=S1(=O)c2ccccc2-c2ccc3c(c21)-c1ccccc1C31c2ccccc2-c2ccccc2-c2ccc(-c3nc4ccccc4n3-c3ccccc3)cc21. The summed E-state index contributed by atoms with van der Waals surface area (Å²) in [7, 11) is -3.82. The lowest BCUT2D eigenvalue weighted by Crippen LogP contribution is -2.29. The van der Waals surface area contributed by atoms with E-state index in [4.69, 9.17) is 4.98 Å². The van der Waals surface area contributed by atoms with E-state index in [1.807, 2.05) is 42.5 Å². The summed E-state index contributed by atoms with van der Waals surface area (Å²) in [6.07, 6.45) is 0. The Labute approximate surface area is 318 Å². The van der Waals surface area contributed by atoms with Crippen molar-refractivity contribution in [3.8, 4) is 61.6 Å². The summed E-state index contributed by atoms with van der Waals surface area (Å²) in [5, 5.41) is 0. The van der Waals surface area contributed by atoms with E-state index in [1.165, 1.54) is 0 Å². The van der Waals surface area contributed by atoms with Crippen LogP contribution < -0.4 is 0 Å². The van der Waals surface area contributed by atoms with Gasteiger partial charge in [-0.1, -0.05) is 146 Å². The molecule has 0 radical (unpaired) electrons. The zero-order valence-electron chi connectivity index (χ0n) is 29.4. The van der Waals surface area contributed by atoms with Gasteiger partial charge in [-0.3, -0.25) is 4.57 Å². The van der Waals surface area contributed by atoms with E-state index in [1.54, 1.807) is 6.07 Å². The zero-order chi connectivity index (χ0) is 36.5. The molecule has 8 aromatic carbocycles. The molecule has 4 nitrogen and oxygen atoms in total. The minimum atomic E-state index is -3.82. The summed E-state index contributed by atoms with van der Waals surface area (Å²) in [6.45, 7) is 0. The molecule has 1 aromatic heterocycles. The van der Waals surface area contributed by atoms with E-state index in [0.717, 1.165) is 94.9 Å². The van der Waals surface area contributed by atoms with Crippen molar-refractivity contribution in [3.05, 3.63) is 204 Å². The van der Waals surface area contributed by atoms with Gasteiger partial charge in [0.25, 0.3) is 0 Å². The van der Waals surface area contributed by atoms with Crippen LogP contribution >= 0.6 is 0 Å². The van der Waals surface area contributed by atoms with Crippen LogP contribution in [0.25, 0.3) is 72.6 Å². The molecule has 0 saturated carbocycles. The van der Waals surface area contributed by atoms with Crippen LogP contribution in [0.1, 0.15) is 22.3 Å². The summed E-state index contributed by atoms with van der Waals surface area (Å²) < 4.78 is 31.7. The Morgan fingerprint density at radius 2 is 1.04 bits per heavy atom. The number of hydrogen-bond acceptors (Lipinski definition) is 3. The second-order valence-corrected chi connectivity index (χ2v) is 16.5. The molecule has 5 heteroatoms. The van der Waals surface area contributed by atoms with Crippen molar-refractivity contribution in [2.24, 2.45) is 0 Å². The Morgan fingerprint density at radius 3 is 1.82 bits per heavy atom. The molecule has 12 rings (SSSR count). The number of hydrogen-bond donors (Lipinski definition) is 0. The van der Waals surface area contributed by atoms with Gasteiger partial charge in [-0.05, 0) is 86.5 Å². The quantitative estimate of drug-likeness (QED) is 0.178. The van der Waals surface area contributed by atoms with Crippen LogP contribution in [0.4, 0.5) is 0 Å². The van der Waals surface area contributed by atoms with Crippen LogP contribution in [0, 0.1) is 0 Å². The fourth-order valence-electron chi connectivity index (χ4n) is 9.87. The van der Waals surface area contributed by atoms with Gasteiger partial charge in [-0.15, -0.1) is 0 Å². The Hall–Kier alpha value is -6.82. The lowest BCUT2D eigenvalue weighted by atomic mass is 9.65. The molecule has 1 atom stereocenters. The molecular formula is C50H30N2O2S. The second-order valence-electron chi connectivity index (χ2n) is 14.6. The molecule has 2 aliphatic carbocycles. The van der Waals surface area contributed by atoms with Crippen molar-refractivity contribution in [1.29, 1.82) is 0 Å². The van der Waals surface area contributed by atoms with Gasteiger partial charge < -0.3 is 0 Å². The largest absolute Gasteiger partial charge is 0.292 e. The second kappa shape index (κ2) is 10.9. The Morgan fingerprint density at radius 1 is 0.455 bits per heavy atom. The molecule has 3 aliphatic rings. The molecule has 2 heterocycles. The molecule has 9 aromatic rings. The molecule has 0 saturated heterocycles. The molecule has 0 fully saturated rings. The van der Waals surface area contributed by atoms with Gasteiger partial charge in [-0.25, -0.2) is 13.4 Å². The summed E-state index contributed by atoms with van der Waals surface area (Å²) in [6, 6.07) is 62.9. The van der Waals surface area contributed by atoms with E-state index in [0.29, 0.717) is 9.79 Å². The highest BCUT2D eigenvalue weighted by Gasteiger charge is 2.52. The monoisotopic (exact) mass is 722 g/mol. The maximum Gasteiger partial charge on any atom is 0.208 e. The number of nitrogens with zero attached hydrogens (tertiary/aromatic N) is 2. The van der Waals surface area contributed by atoms with Crippen molar-refractivity contribution >= 4 is 20.9 Å². The summed E-state index contributed by atoms with van der Waals surface area (Å²) >= 11 is 0. The van der Waals surface area contributed by atoms with E-state index in [9.17, 15) is 8.42 Å². The third kappa shape index (κ3) is 3.85. The Balaban J connectivity index is 1.26. The van der Waals surface area contributed by atoms with Gasteiger partial charge in [0.1, 0.15) is 5.82 Å². The predicted molar refractivity (Wildman–Crippen MR) is 219 cm³/mol. The van der Waals surface area contributed by atoms with Crippen molar-refractivity contribution in [2.45, 2.75) is 15.2 Å². The highest BCUT2D eigenvalue weighted by atomic mass is 32.2. The smallest absolute Gasteiger partial charge is 0.208 e. The van der Waals surface area contributed by atoms with Gasteiger partial charge in [0.05, 0.1) is 26.2 Å². The number of rotatable bonds is 2. The lowest BCUT2D eigenvalue weighted by molar-refractivity contribution is 0.599. The first-order valence-electron chi connectivity index (χ1n) is 18.6. The summed E-state index contributed by atoms with van der Waals surface area (Å²) in [4.78, 5) is 6.07. The van der Waals surface area contributed by atoms with Gasteiger partial charge in [0.2, 0.25) is 9.84 Å². The number of aromatic nitrogens is 2. The number of fused-ring (bicyclic) bond motifs is 17. The van der Waals surface area contributed by atoms with E-state index in [-0.39, 0.29) is 0 Å². The van der Waals surface area contributed by atoms with Gasteiger partial charge >= 0.3 is 0 Å². The minimum Gasteiger partial charge on any atom is -0.292 e. The predicted octanol–water partition coefficient (Wildman–Crippen LogP) is 11.5. The van der Waals surface area contributed by atoms with Crippen LogP contribution in [0.2, 0.25) is 0 Å². The topological polar surface area (TPSA) is 52.0 Å². The first kappa shape index (κ1) is 30.6. The fourth-order valence-corrected chi connectivity index (χ4v) is 11.8. The van der Waals surface area contributed by atoms with Crippen LogP contribution in [-0.2, 0) is 15.3 Å². The van der Waals surface area contributed by atoms with E-state index < -0.39 is 15.3 Å². The van der Waals surface area contributed by atoms with Crippen molar-refractivity contribution < 1.29 is 8.42 Å². The third-order valence-electron chi connectivity index (χ3n) is 12.0. The molecule has 1 aliphatic heterocycles. The minimum absolute atomic E-state index is 0.369. The number of imidazole rings is 1. The maximum atomic E-state index is 14.7. The standard InChI is InChI=1S/C50H30N2O2S/c53-55(54)46-25-13-8-19-37(46)38-28-29-42-47(48(38)55)39-20-7-10-22-41(39)50(42)40-21-9-6-18-35(40)33-16-4-5-17-34(33)36-27-26-31(30-43(36)50)49-51-44-23-11-12-24-45(44)52(49)32-14-2-1-3-15-32/h1-30H. The number of para-hydroxylation sites is 3. The summed E-state index contributed by atoms with van der Waals surface area (Å²) in [5.74, 6) is 0.842. The molecule has 0 bridgehead atoms. The van der Waals surface area contributed by atoms with E-state index in [2.05, 4.69) is 138 Å². The molecule has 258 valence electrons. The van der Waals surface area contributed by atoms with Gasteiger partial charge in [0.15, 0.2) is 0 Å². The highest BCUT2D eigenvalue weighted by Crippen LogP contribution is 2.64. The molecule has 1 spiro atoms. The van der Waals surface area contributed by atoms with Crippen molar-refractivity contribution in [1.82, 2.24) is 9.55 Å². The molecule has 55 heavy (non-hydrogen) atoms. The van der Waals surface area contributed by atoms with Crippen molar-refractivity contribution in [3.63, 3.8) is 0 Å². The number of sulfone groups is 1. The van der Waals surface area contributed by atoms with Crippen LogP contribution in [0.5, 0.6) is 0 Å². The van der Waals surface area contributed by atoms with Gasteiger partial charge in [-0.2, -0.15) is 0 Å². The average molecular weight is 723 g/mol. The van der Waals surface area contributed by atoms with Crippen molar-refractivity contribution in [2.75, 3.05) is 0 Å². The number of benzene rings is 8. The molecule has 0 amide bonds. The van der Waals surface area contributed by atoms with Gasteiger partial charge in [0, 0.05) is 27.9 Å². The fraction of sp³-hybridized carbons (Fsp3) is 0.0200. The van der Waals surface area contributed by atoms with Crippen LogP contribution in [0.3, 0.4) is 0 Å². The first-order chi connectivity index (χ1) is 27.1. The molecular weight excluding hydrogens is 693 g/mol. The zero-order valence-corrected chi connectivity index (χ0v) is 30.3. The third-order valence-corrected chi connectivity index (χ3v) is 13.9. The van der Waals surface area contributed by atoms with Crippen LogP contribution in [-0.4, -0.2) is 18.0 Å². The first-order valence-corrected chi connectivity index (χ1v) is 20.0. The normalized spacial score (nSPS) is 16.4. The molecule has 1 unspecified atom stereocenters. The highest BCUT2D eigenvalue weighted by molar-refractivity contribution is 7.92. The Bertz CT molecular complexity index is 3230. The van der Waals surface area contributed by atoms with E-state index >= 15 is 0 Å². The molecule has 0 N–H and O–H groups in total. The van der Waals surface area contributed by atoms with Crippen LogP contribution in [0.15, 0.2) is 192 Å². The summed E-state index contributed by atoms with van der Waals surface area (Å²) in [5.41, 5.74) is 15.1. The average Bonchev–Trinajstić information content (AvgIpc) is 3.83. The maximum absolute atomic E-state index is 14.7.